The van der Waals surface area contributed by atoms with Crippen LogP contribution in [0.1, 0.15) is 52.1 Å². The maximum absolute atomic E-state index is 12.4. The van der Waals surface area contributed by atoms with Crippen LogP contribution in [0.2, 0.25) is 0 Å². The molecule has 2 rings (SSSR count). The molecular formula is C16H18BrNO4S. The maximum Gasteiger partial charge on any atom is 0.341 e. The lowest BCUT2D eigenvalue weighted by Crippen LogP contribution is -2.17. The number of carbonyl (C=O) groups excluding carboxylic acids is 2. The van der Waals surface area contributed by atoms with E-state index in [-0.39, 0.29) is 11.9 Å². The van der Waals surface area contributed by atoms with Crippen LogP contribution < -0.4 is 5.32 Å². The Morgan fingerprint density at radius 2 is 2.09 bits per heavy atom. The van der Waals surface area contributed by atoms with Crippen molar-refractivity contribution in [2.75, 3.05) is 5.32 Å². The van der Waals surface area contributed by atoms with Crippen LogP contribution in [0, 0.1) is 6.92 Å². The number of furan rings is 1. The van der Waals surface area contributed by atoms with Crippen molar-refractivity contribution >= 4 is 44.1 Å². The van der Waals surface area contributed by atoms with Crippen LogP contribution in [0.4, 0.5) is 5.00 Å². The molecule has 2 aromatic heterocycles. The normalized spacial score (nSPS) is 10.9. The standard InChI is InChI=1S/C16H18BrNO4S/c1-5-10-9(4)23-15(13(10)16(20)21-8(2)3)18-14(19)11-6-7-12(17)22-11/h6-8H,5H2,1-4H3,(H,18,19). The highest BCUT2D eigenvalue weighted by molar-refractivity contribution is 9.10. The summed E-state index contributed by atoms with van der Waals surface area (Å²) in [4.78, 5) is 25.6. The van der Waals surface area contributed by atoms with Gasteiger partial charge in [0, 0.05) is 4.88 Å². The van der Waals surface area contributed by atoms with Crippen LogP contribution in [-0.2, 0) is 11.2 Å². The lowest BCUT2D eigenvalue weighted by Gasteiger charge is -2.10. The van der Waals surface area contributed by atoms with Gasteiger partial charge >= 0.3 is 5.97 Å². The van der Waals surface area contributed by atoms with Gasteiger partial charge in [-0.15, -0.1) is 11.3 Å². The zero-order valence-corrected chi connectivity index (χ0v) is 15.8. The van der Waals surface area contributed by atoms with Crippen molar-refractivity contribution in [3.05, 3.63) is 38.6 Å². The quantitative estimate of drug-likeness (QED) is 0.733. The Bertz CT molecular complexity index is 733. The molecule has 0 atom stereocenters. The smallest absolute Gasteiger partial charge is 0.341 e. The summed E-state index contributed by atoms with van der Waals surface area (Å²) < 4.78 is 11.0. The minimum absolute atomic E-state index is 0.171. The van der Waals surface area contributed by atoms with Gasteiger partial charge in [-0.05, 0) is 60.8 Å². The molecule has 0 aliphatic heterocycles. The summed E-state index contributed by atoms with van der Waals surface area (Å²) >= 11 is 4.52. The van der Waals surface area contributed by atoms with Gasteiger partial charge in [-0.25, -0.2) is 4.79 Å². The fourth-order valence-electron chi connectivity index (χ4n) is 2.18. The zero-order chi connectivity index (χ0) is 17.1. The Labute approximate surface area is 147 Å². The lowest BCUT2D eigenvalue weighted by atomic mass is 10.1. The summed E-state index contributed by atoms with van der Waals surface area (Å²) in [6.07, 6.45) is 0.463. The summed E-state index contributed by atoms with van der Waals surface area (Å²) in [5.74, 6) is -0.653. The Morgan fingerprint density at radius 3 is 2.61 bits per heavy atom. The number of carbonyl (C=O) groups is 2. The molecule has 0 radical (unpaired) electrons. The maximum atomic E-state index is 12.4. The highest BCUT2D eigenvalue weighted by atomic mass is 79.9. The summed E-state index contributed by atoms with van der Waals surface area (Å²) in [5, 5.41) is 3.24. The van der Waals surface area contributed by atoms with Crippen molar-refractivity contribution in [3.63, 3.8) is 0 Å². The summed E-state index contributed by atoms with van der Waals surface area (Å²) in [6.45, 7) is 7.48. The highest BCUT2D eigenvalue weighted by Gasteiger charge is 2.25. The number of ether oxygens (including phenoxy) is 1. The molecule has 2 aromatic rings. The molecule has 0 saturated carbocycles. The first-order valence-corrected chi connectivity index (χ1v) is 8.84. The molecule has 7 heteroatoms. The molecule has 0 aliphatic carbocycles. The fourth-order valence-corrected chi connectivity index (χ4v) is 3.62. The first kappa shape index (κ1) is 17.7. The lowest BCUT2D eigenvalue weighted by molar-refractivity contribution is 0.0378. The minimum Gasteiger partial charge on any atom is -0.459 e. The number of rotatable bonds is 5. The molecule has 0 saturated heterocycles. The predicted octanol–water partition coefficient (Wildman–Crippen LogP) is 4.79. The Hall–Kier alpha value is -1.60. The Morgan fingerprint density at radius 1 is 1.39 bits per heavy atom. The third-order valence-electron chi connectivity index (χ3n) is 3.13. The average molecular weight is 400 g/mol. The second-order valence-electron chi connectivity index (χ2n) is 5.21. The number of hydrogen-bond donors (Lipinski definition) is 1. The number of aryl methyl sites for hydroxylation is 1. The molecule has 0 spiro atoms. The van der Waals surface area contributed by atoms with Crippen molar-refractivity contribution in [1.82, 2.24) is 0 Å². The van der Waals surface area contributed by atoms with Crippen molar-refractivity contribution in [1.29, 1.82) is 0 Å². The number of nitrogens with one attached hydrogen (secondary N) is 1. The molecule has 124 valence electrons. The number of halogens is 1. The van der Waals surface area contributed by atoms with Crippen molar-refractivity contribution in [2.45, 2.75) is 40.2 Å². The van der Waals surface area contributed by atoms with Crippen molar-refractivity contribution in [2.24, 2.45) is 0 Å². The molecule has 0 fully saturated rings. The number of anilines is 1. The first-order chi connectivity index (χ1) is 10.8. The van der Waals surface area contributed by atoms with Gasteiger partial charge in [0.1, 0.15) is 5.00 Å². The van der Waals surface area contributed by atoms with E-state index >= 15 is 0 Å². The van der Waals surface area contributed by atoms with Crippen LogP contribution in [0.3, 0.4) is 0 Å². The zero-order valence-electron chi connectivity index (χ0n) is 13.4. The molecule has 1 N–H and O–H groups in total. The van der Waals surface area contributed by atoms with E-state index in [2.05, 4.69) is 21.2 Å². The largest absolute Gasteiger partial charge is 0.459 e. The van der Waals surface area contributed by atoms with E-state index in [9.17, 15) is 9.59 Å². The second-order valence-corrected chi connectivity index (χ2v) is 7.21. The number of esters is 1. The number of hydrogen-bond acceptors (Lipinski definition) is 5. The van der Waals surface area contributed by atoms with E-state index in [0.717, 1.165) is 10.4 Å². The molecule has 23 heavy (non-hydrogen) atoms. The van der Waals surface area contributed by atoms with Crippen LogP contribution in [0.5, 0.6) is 0 Å². The monoisotopic (exact) mass is 399 g/mol. The summed E-state index contributed by atoms with van der Waals surface area (Å²) in [7, 11) is 0. The van der Waals surface area contributed by atoms with E-state index in [1.54, 1.807) is 26.0 Å². The van der Waals surface area contributed by atoms with Crippen LogP contribution in [-0.4, -0.2) is 18.0 Å². The topological polar surface area (TPSA) is 68.5 Å². The van der Waals surface area contributed by atoms with E-state index in [1.165, 1.54) is 11.3 Å². The molecule has 5 nitrogen and oxygen atoms in total. The van der Waals surface area contributed by atoms with Gasteiger partial charge in [0.25, 0.3) is 5.91 Å². The number of amides is 1. The SMILES string of the molecule is CCc1c(C)sc(NC(=O)c2ccc(Br)o2)c1C(=O)OC(C)C. The molecule has 0 aliphatic rings. The molecule has 0 bridgehead atoms. The van der Waals surface area contributed by atoms with E-state index in [4.69, 9.17) is 9.15 Å². The van der Waals surface area contributed by atoms with Crippen LogP contribution >= 0.6 is 27.3 Å². The van der Waals surface area contributed by atoms with Crippen molar-refractivity contribution < 1.29 is 18.7 Å². The Balaban J connectivity index is 2.34. The van der Waals surface area contributed by atoms with E-state index in [0.29, 0.717) is 21.7 Å². The van der Waals surface area contributed by atoms with E-state index < -0.39 is 11.9 Å². The Kier molecular flexibility index (Phi) is 5.64. The minimum atomic E-state index is -0.419. The van der Waals surface area contributed by atoms with Gasteiger partial charge in [-0.3, -0.25) is 4.79 Å². The third-order valence-corrected chi connectivity index (χ3v) is 4.62. The molecule has 1 amide bonds. The van der Waals surface area contributed by atoms with Gasteiger partial charge < -0.3 is 14.5 Å². The van der Waals surface area contributed by atoms with Crippen molar-refractivity contribution in [3.8, 4) is 0 Å². The molecular weight excluding hydrogens is 382 g/mol. The van der Waals surface area contributed by atoms with Gasteiger partial charge in [0.2, 0.25) is 0 Å². The second kappa shape index (κ2) is 7.31. The fraction of sp³-hybridized carbons (Fsp3) is 0.375. The first-order valence-electron chi connectivity index (χ1n) is 7.23. The summed E-state index contributed by atoms with van der Waals surface area (Å²) in [5.41, 5.74) is 1.33. The molecule has 0 aromatic carbocycles. The molecule has 2 heterocycles. The average Bonchev–Trinajstić information content (AvgIpc) is 3.01. The van der Waals surface area contributed by atoms with Crippen LogP contribution in [0.15, 0.2) is 21.2 Å². The van der Waals surface area contributed by atoms with Gasteiger partial charge in [0.05, 0.1) is 11.7 Å². The molecule has 0 unspecified atom stereocenters. The third kappa shape index (κ3) is 4.03. The van der Waals surface area contributed by atoms with Gasteiger partial charge in [0.15, 0.2) is 10.4 Å². The van der Waals surface area contributed by atoms with Gasteiger partial charge in [-0.2, -0.15) is 0 Å². The van der Waals surface area contributed by atoms with Crippen LogP contribution in [0.25, 0.3) is 0 Å². The predicted molar refractivity (Wildman–Crippen MR) is 93.3 cm³/mol. The van der Waals surface area contributed by atoms with Gasteiger partial charge in [-0.1, -0.05) is 6.92 Å². The summed E-state index contributed by atoms with van der Waals surface area (Å²) in [6, 6.07) is 3.20. The number of thiophene rings is 1. The van der Waals surface area contributed by atoms with E-state index in [1.807, 2.05) is 13.8 Å². The highest BCUT2D eigenvalue weighted by Crippen LogP contribution is 2.34.